The molecule has 2 amide bonds. The lowest BCUT2D eigenvalue weighted by Crippen LogP contribution is -2.39. The smallest absolute Gasteiger partial charge is 0.315 e. The molecule has 7 nitrogen and oxygen atoms in total. The Bertz CT molecular complexity index is 757. The van der Waals surface area contributed by atoms with Gasteiger partial charge in [0.2, 0.25) is 0 Å². The van der Waals surface area contributed by atoms with E-state index in [0.717, 1.165) is 0 Å². The number of ether oxygens (including phenoxy) is 3. The van der Waals surface area contributed by atoms with Crippen molar-refractivity contribution in [2.24, 2.45) is 0 Å². The molecule has 1 unspecified atom stereocenters. The minimum absolute atomic E-state index is 0.0138. The second-order valence-electron chi connectivity index (χ2n) is 5.57. The molecule has 3 N–H and O–H groups in total. The van der Waals surface area contributed by atoms with Gasteiger partial charge in [-0.25, -0.2) is 9.18 Å². The van der Waals surface area contributed by atoms with Gasteiger partial charge in [-0.1, -0.05) is 6.07 Å². The zero-order chi connectivity index (χ0) is 19.6. The Labute approximate surface area is 157 Å². The Morgan fingerprint density at radius 1 is 1.11 bits per heavy atom. The summed E-state index contributed by atoms with van der Waals surface area (Å²) in [5.41, 5.74) is 0.506. The molecule has 2 rings (SSSR count). The Morgan fingerprint density at radius 2 is 1.93 bits per heavy atom. The summed E-state index contributed by atoms with van der Waals surface area (Å²) in [5.74, 6) is 1.07. The number of nitrogens with one attached hydrogen (secondary N) is 2. The second kappa shape index (κ2) is 10.2. The molecule has 0 spiro atoms. The third kappa shape index (κ3) is 6.34. The predicted molar refractivity (Wildman–Crippen MR) is 97.8 cm³/mol. The van der Waals surface area contributed by atoms with Gasteiger partial charge in [-0.15, -0.1) is 0 Å². The van der Waals surface area contributed by atoms with Gasteiger partial charge in [0.25, 0.3) is 0 Å². The topological polar surface area (TPSA) is 89.0 Å². The number of hydrogen-bond acceptors (Lipinski definition) is 5. The molecule has 27 heavy (non-hydrogen) atoms. The molecule has 0 fully saturated rings. The quantitative estimate of drug-likeness (QED) is 0.583. The number of carbonyl (C=O) groups excluding carboxylic acids is 1. The van der Waals surface area contributed by atoms with E-state index in [1.165, 1.54) is 26.4 Å². The molecule has 0 radical (unpaired) electrons. The van der Waals surface area contributed by atoms with Gasteiger partial charge in [0.15, 0.2) is 0 Å². The zero-order valence-corrected chi connectivity index (χ0v) is 15.2. The molecule has 0 aliphatic heterocycles. The molecule has 0 bridgehead atoms. The van der Waals surface area contributed by atoms with Crippen LogP contribution in [0.15, 0.2) is 42.5 Å². The molecule has 2 aromatic rings. The number of aliphatic hydroxyl groups excluding tert-OH is 1. The van der Waals surface area contributed by atoms with Crippen LogP contribution in [0, 0.1) is 5.82 Å². The van der Waals surface area contributed by atoms with Crippen molar-refractivity contribution in [1.82, 2.24) is 10.6 Å². The van der Waals surface area contributed by atoms with Crippen molar-refractivity contribution in [1.29, 1.82) is 0 Å². The lowest BCUT2D eigenvalue weighted by molar-refractivity contribution is 0.168. The highest BCUT2D eigenvalue weighted by Crippen LogP contribution is 2.29. The van der Waals surface area contributed by atoms with Gasteiger partial charge in [0.05, 0.1) is 20.8 Å². The molecular formula is C19H23FN2O5. The van der Waals surface area contributed by atoms with E-state index in [9.17, 15) is 14.3 Å². The van der Waals surface area contributed by atoms with E-state index in [4.69, 9.17) is 14.2 Å². The standard InChI is InChI=1S/C19H23FN2O5/c1-25-14-6-7-18(26-2)16(11-14)17(23)12-22-19(24)21-8-9-27-15-5-3-4-13(20)10-15/h3-7,10-11,17,23H,8-9,12H2,1-2H3,(H2,21,22,24). The van der Waals surface area contributed by atoms with Gasteiger partial charge in [-0.2, -0.15) is 0 Å². The summed E-state index contributed by atoms with van der Waals surface area (Å²) in [5, 5.41) is 15.5. The first kappa shape index (κ1) is 20.3. The average molecular weight is 378 g/mol. The lowest BCUT2D eigenvalue weighted by Gasteiger charge is -2.17. The van der Waals surface area contributed by atoms with Crippen molar-refractivity contribution >= 4 is 6.03 Å². The van der Waals surface area contributed by atoms with Gasteiger partial charge in [0.1, 0.15) is 35.8 Å². The van der Waals surface area contributed by atoms with Crippen molar-refractivity contribution in [3.63, 3.8) is 0 Å². The number of halogens is 1. The van der Waals surface area contributed by atoms with E-state index in [-0.39, 0.29) is 25.5 Å². The SMILES string of the molecule is COc1ccc(OC)c(C(O)CNC(=O)NCCOc2cccc(F)c2)c1. The summed E-state index contributed by atoms with van der Waals surface area (Å²) in [6, 6.07) is 10.3. The number of methoxy groups -OCH3 is 2. The number of hydrogen-bond donors (Lipinski definition) is 3. The number of benzene rings is 2. The van der Waals surface area contributed by atoms with Crippen LogP contribution in [0.5, 0.6) is 17.2 Å². The second-order valence-corrected chi connectivity index (χ2v) is 5.57. The Kier molecular flexibility index (Phi) is 7.69. The first-order valence-corrected chi connectivity index (χ1v) is 8.33. The minimum Gasteiger partial charge on any atom is -0.497 e. The van der Waals surface area contributed by atoms with Crippen LogP contribution in [0.4, 0.5) is 9.18 Å². The average Bonchev–Trinajstić information content (AvgIpc) is 2.69. The molecule has 8 heteroatoms. The molecular weight excluding hydrogens is 355 g/mol. The van der Waals surface area contributed by atoms with Gasteiger partial charge < -0.3 is 30.0 Å². The Morgan fingerprint density at radius 3 is 2.63 bits per heavy atom. The molecule has 0 heterocycles. The number of aliphatic hydroxyl groups is 1. The van der Waals surface area contributed by atoms with Gasteiger partial charge >= 0.3 is 6.03 Å². The van der Waals surface area contributed by atoms with Gasteiger partial charge in [0, 0.05) is 18.2 Å². The zero-order valence-electron chi connectivity index (χ0n) is 15.2. The maximum atomic E-state index is 13.0. The fraction of sp³-hybridized carbons (Fsp3) is 0.316. The lowest BCUT2D eigenvalue weighted by atomic mass is 10.1. The highest BCUT2D eigenvalue weighted by molar-refractivity contribution is 5.73. The van der Waals surface area contributed by atoms with Crippen LogP contribution >= 0.6 is 0 Å². The largest absolute Gasteiger partial charge is 0.497 e. The van der Waals surface area contributed by atoms with Crippen LogP contribution in [0.3, 0.4) is 0 Å². The van der Waals surface area contributed by atoms with Crippen LogP contribution in [0.25, 0.3) is 0 Å². The summed E-state index contributed by atoms with van der Waals surface area (Å²) in [4.78, 5) is 11.8. The summed E-state index contributed by atoms with van der Waals surface area (Å²) in [6.45, 7) is 0.393. The van der Waals surface area contributed by atoms with E-state index in [1.807, 2.05) is 0 Å². The van der Waals surface area contributed by atoms with E-state index in [2.05, 4.69) is 10.6 Å². The first-order valence-electron chi connectivity index (χ1n) is 8.33. The summed E-state index contributed by atoms with van der Waals surface area (Å²) >= 11 is 0. The van der Waals surface area contributed by atoms with Crippen LogP contribution < -0.4 is 24.8 Å². The van der Waals surface area contributed by atoms with E-state index >= 15 is 0 Å². The van der Waals surface area contributed by atoms with Crippen molar-refractivity contribution in [3.8, 4) is 17.2 Å². The normalized spacial score (nSPS) is 11.4. The monoisotopic (exact) mass is 378 g/mol. The van der Waals surface area contributed by atoms with Crippen molar-refractivity contribution in [3.05, 3.63) is 53.8 Å². The summed E-state index contributed by atoms with van der Waals surface area (Å²) < 4.78 is 28.7. The van der Waals surface area contributed by atoms with Crippen molar-refractivity contribution < 1.29 is 28.5 Å². The Balaban J connectivity index is 1.75. The Hall–Kier alpha value is -3.00. The summed E-state index contributed by atoms with van der Waals surface area (Å²) in [6.07, 6.45) is -0.968. The molecule has 146 valence electrons. The third-order valence-electron chi connectivity index (χ3n) is 3.70. The van der Waals surface area contributed by atoms with Gasteiger partial charge in [-0.05, 0) is 30.3 Å². The number of amides is 2. The minimum atomic E-state index is -0.968. The van der Waals surface area contributed by atoms with E-state index in [0.29, 0.717) is 22.8 Å². The van der Waals surface area contributed by atoms with Gasteiger partial charge in [-0.3, -0.25) is 0 Å². The molecule has 0 saturated carbocycles. The fourth-order valence-electron chi connectivity index (χ4n) is 2.35. The number of carbonyl (C=O) groups is 1. The van der Waals surface area contributed by atoms with Crippen LogP contribution in [-0.4, -0.2) is 45.1 Å². The predicted octanol–water partition coefficient (Wildman–Crippen LogP) is 2.25. The molecule has 0 aliphatic carbocycles. The number of urea groups is 1. The van der Waals surface area contributed by atoms with Crippen LogP contribution in [0.1, 0.15) is 11.7 Å². The first-order chi connectivity index (χ1) is 13.0. The molecule has 2 aromatic carbocycles. The highest BCUT2D eigenvalue weighted by Gasteiger charge is 2.15. The molecule has 0 aromatic heterocycles. The van der Waals surface area contributed by atoms with Crippen LogP contribution in [0.2, 0.25) is 0 Å². The van der Waals surface area contributed by atoms with E-state index < -0.39 is 12.1 Å². The van der Waals surface area contributed by atoms with E-state index in [1.54, 1.807) is 30.3 Å². The fourth-order valence-corrected chi connectivity index (χ4v) is 2.35. The maximum Gasteiger partial charge on any atom is 0.315 e. The number of rotatable bonds is 9. The summed E-state index contributed by atoms with van der Waals surface area (Å²) in [7, 11) is 3.02. The molecule has 1 atom stereocenters. The molecule has 0 saturated heterocycles. The van der Waals surface area contributed by atoms with Crippen molar-refractivity contribution in [2.45, 2.75) is 6.10 Å². The van der Waals surface area contributed by atoms with Crippen LogP contribution in [-0.2, 0) is 0 Å². The third-order valence-corrected chi connectivity index (χ3v) is 3.70. The van der Waals surface area contributed by atoms with Crippen molar-refractivity contribution in [2.75, 3.05) is 33.9 Å². The highest BCUT2D eigenvalue weighted by atomic mass is 19.1. The maximum absolute atomic E-state index is 13.0. The molecule has 0 aliphatic rings.